The second-order valence-electron chi connectivity index (χ2n) is 5.33. The molecule has 6 nitrogen and oxygen atoms in total. The molecule has 19 heavy (non-hydrogen) atoms. The first kappa shape index (κ1) is 12.6. The molecule has 0 aromatic carbocycles. The van der Waals surface area contributed by atoms with Crippen LogP contribution in [0.2, 0.25) is 0 Å². The summed E-state index contributed by atoms with van der Waals surface area (Å²) >= 11 is 0. The average molecular weight is 264 g/mol. The third-order valence-corrected chi connectivity index (χ3v) is 4.06. The minimum Gasteiger partial charge on any atom is -0.381 e. The van der Waals surface area contributed by atoms with E-state index in [0.717, 1.165) is 37.6 Å². The molecule has 0 spiro atoms. The predicted octanol–water partition coefficient (Wildman–Crippen LogP) is 0.471. The Morgan fingerprint density at radius 3 is 2.84 bits per heavy atom. The van der Waals surface area contributed by atoms with E-state index in [9.17, 15) is 4.79 Å². The minimum atomic E-state index is -0.418. The number of aromatic nitrogens is 2. The van der Waals surface area contributed by atoms with Gasteiger partial charge in [-0.25, -0.2) is 4.68 Å². The molecule has 0 saturated carbocycles. The van der Waals surface area contributed by atoms with E-state index >= 15 is 0 Å². The zero-order valence-electron chi connectivity index (χ0n) is 11.2. The van der Waals surface area contributed by atoms with Crippen molar-refractivity contribution in [3.63, 3.8) is 0 Å². The molecule has 6 heteroatoms. The number of hydrogen-bond acceptors (Lipinski definition) is 4. The normalized spacial score (nSPS) is 25.3. The van der Waals surface area contributed by atoms with Crippen LogP contribution in [0.5, 0.6) is 0 Å². The number of nitrogens with zero attached hydrogens (tertiary/aromatic N) is 3. The summed E-state index contributed by atoms with van der Waals surface area (Å²) in [5.41, 5.74) is 6.92. The van der Waals surface area contributed by atoms with Crippen molar-refractivity contribution >= 4 is 11.7 Å². The van der Waals surface area contributed by atoms with Gasteiger partial charge in [-0.15, -0.1) is 0 Å². The largest absolute Gasteiger partial charge is 0.381 e. The van der Waals surface area contributed by atoms with Crippen LogP contribution >= 0.6 is 0 Å². The minimum absolute atomic E-state index is 0.0304. The number of hydrogen-bond donors (Lipinski definition) is 1. The van der Waals surface area contributed by atoms with Crippen LogP contribution in [0, 0.1) is 0 Å². The van der Waals surface area contributed by atoms with Gasteiger partial charge >= 0.3 is 0 Å². The van der Waals surface area contributed by atoms with Crippen LogP contribution < -0.4 is 10.6 Å². The van der Waals surface area contributed by atoms with Crippen LogP contribution in [0.25, 0.3) is 0 Å². The molecule has 2 aliphatic heterocycles. The Balaban J connectivity index is 1.88. The smallest absolute Gasteiger partial charge is 0.244 e. The van der Waals surface area contributed by atoms with Gasteiger partial charge in [-0.05, 0) is 19.3 Å². The van der Waals surface area contributed by atoms with Crippen molar-refractivity contribution < 1.29 is 9.53 Å². The zero-order valence-corrected chi connectivity index (χ0v) is 11.2. The van der Waals surface area contributed by atoms with E-state index in [1.165, 1.54) is 0 Å². The standard InChI is InChI=1S/C13H20N4O2/c1-16-12-8-11(9-3-6-19-7-4-9)15-17(12)5-2-10(14)13(16)18/h8-10H,2-7,14H2,1H3. The fourth-order valence-corrected chi connectivity index (χ4v) is 2.80. The number of rotatable bonds is 1. The number of ether oxygens (including phenoxy) is 1. The van der Waals surface area contributed by atoms with Crippen molar-refractivity contribution in [2.75, 3.05) is 25.2 Å². The molecule has 1 aromatic heterocycles. The molecule has 3 rings (SSSR count). The molecule has 1 saturated heterocycles. The Kier molecular flexibility index (Phi) is 3.28. The molecule has 1 atom stereocenters. The highest BCUT2D eigenvalue weighted by molar-refractivity contribution is 5.96. The molecule has 0 bridgehead atoms. The number of carbonyl (C=O) groups is 1. The number of fused-ring (bicyclic) bond motifs is 1. The SMILES string of the molecule is CN1C(=O)C(N)CCn2nc(C3CCOCC3)cc21. The third-order valence-electron chi connectivity index (χ3n) is 4.06. The molecular formula is C13H20N4O2. The van der Waals surface area contributed by atoms with Crippen molar-refractivity contribution in [1.82, 2.24) is 9.78 Å². The summed E-state index contributed by atoms with van der Waals surface area (Å²) in [6.45, 7) is 2.30. The van der Waals surface area contributed by atoms with Gasteiger partial charge in [0.2, 0.25) is 5.91 Å². The van der Waals surface area contributed by atoms with Gasteiger partial charge in [0.05, 0.1) is 11.7 Å². The number of amides is 1. The molecule has 1 amide bonds. The summed E-state index contributed by atoms with van der Waals surface area (Å²) in [7, 11) is 1.77. The highest BCUT2D eigenvalue weighted by Crippen LogP contribution is 2.30. The molecule has 2 N–H and O–H groups in total. The monoisotopic (exact) mass is 264 g/mol. The molecule has 104 valence electrons. The molecule has 1 fully saturated rings. The maximum Gasteiger partial charge on any atom is 0.244 e. The highest BCUT2D eigenvalue weighted by Gasteiger charge is 2.28. The predicted molar refractivity (Wildman–Crippen MR) is 71.0 cm³/mol. The number of nitrogens with two attached hydrogens (primary N) is 1. The lowest BCUT2D eigenvalue weighted by Crippen LogP contribution is -2.40. The van der Waals surface area contributed by atoms with Crippen molar-refractivity contribution in [2.45, 2.75) is 37.8 Å². The van der Waals surface area contributed by atoms with Gasteiger partial charge in [0.25, 0.3) is 0 Å². The Bertz CT molecular complexity index is 479. The van der Waals surface area contributed by atoms with E-state index in [2.05, 4.69) is 5.10 Å². The Hall–Kier alpha value is -1.40. The van der Waals surface area contributed by atoms with Crippen LogP contribution in [0.3, 0.4) is 0 Å². The number of aryl methyl sites for hydroxylation is 1. The van der Waals surface area contributed by atoms with Crippen molar-refractivity contribution in [1.29, 1.82) is 0 Å². The van der Waals surface area contributed by atoms with E-state index < -0.39 is 6.04 Å². The van der Waals surface area contributed by atoms with Gasteiger partial charge in [-0.3, -0.25) is 9.69 Å². The fourth-order valence-electron chi connectivity index (χ4n) is 2.80. The molecular weight excluding hydrogens is 244 g/mol. The van der Waals surface area contributed by atoms with Crippen LogP contribution in [-0.4, -0.2) is 42.0 Å². The van der Waals surface area contributed by atoms with Gasteiger partial charge in [-0.1, -0.05) is 0 Å². The Morgan fingerprint density at radius 1 is 1.37 bits per heavy atom. The van der Waals surface area contributed by atoms with Gasteiger partial charge < -0.3 is 10.5 Å². The van der Waals surface area contributed by atoms with Gasteiger partial charge in [0.1, 0.15) is 5.82 Å². The maximum absolute atomic E-state index is 12.0. The summed E-state index contributed by atoms with van der Waals surface area (Å²) in [5, 5.41) is 4.67. The molecule has 1 aromatic rings. The van der Waals surface area contributed by atoms with Crippen molar-refractivity contribution in [3.8, 4) is 0 Å². The zero-order chi connectivity index (χ0) is 13.4. The lowest BCUT2D eigenvalue weighted by molar-refractivity contribution is -0.119. The number of likely N-dealkylation sites (N-methyl/N-ethyl adjacent to an activating group) is 1. The molecule has 3 heterocycles. The van der Waals surface area contributed by atoms with Gasteiger partial charge in [0, 0.05) is 38.8 Å². The van der Waals surface area contributed by atoms with E-state index in [1.807, 2.05) is 10.7 Å². The summed E-state index contributed by atoms with van der Waals surface area (Å²) in [6.07, 6.45) is 2.66. The first-order valence-electron chi connectivity index (χ1n) is 6.85. The third kappa shape index (κ3) is 2.26. The van der Waals surface area contributed by atoms with E-state index in [4.69, 9.17) is 10.5 Å². The quantitative estimate of drug-likeness (QED) is 0.800. The van der Waals surface area contributed by atoms with Crippen LogP contribution in [0.15, 0.2) is 6.07 Å². The summed E-state index contributed by atoms with van der Waals surface area (Å²) in [5.74, 6) is 1.28. The van der Waals surface area contributed by atoms with Gasteiger partial charge in [-0.2, -0.15) is 5.10 Å². The Labute approximate surface area is 112 Å². The average Bonchev–Trinajstić information content (AvgIpc) is 2.84. The van der Waals surface area contributed by atoms with Gasteiger partial charge in [0.15, 0.2) is 0 Å². The van der Waals surface area contributed by atoms with Crippen molar-refractivity contribution in [3.05, 3.63) is 11.8 Å². The lowest BCUT2D eigenvalue weighted by atomic mass is 9.97. The summed E-state index contributed by atoms with van der Waals surface area (Å²) in [4.78, 5) is 13.7. The van der Waals surface area contributed by atoms with Crippen molar-refractivity contribution in [2.24, 2.45) is 5.73 Å². The lowest BCUT2D eigenvalue weighted by Gasteiger charge is -2.20. The summed E-state index contributed by atoms with van der Waals surface area (Å²) in [6, 6.07) is 1.62. The number of anilines is 1. The van der Waals surface area contributed by atoms with Crippen LogP contribution in [0.4, 0.5) is 5.82 Å². The van der Waals surface area contributed by atoms with E-state index in [1.54, 1.807) is 11.9 Å². The first-order valence-corrected chi connectivity index (χ1v) is 6.85. The fraction of sp³-hybridized carbons (Fsp3) is 0.692. The molecule has 0 aliphatic carbocycles. The molecule has 1 unspecified atom stereocenters. The Morgan fingerprint density at radius 2 is 2.11 bits per heavy atom. The second-order valence-corrected chi connectivity index (χ2v) is 5.33. The van der Waals surface area contributed by atoms with Crippen LogP contribution in [-0.2, 0) is 16.1 Å². The topological polar surface area (TPSA) is 73.4 Å². The first-order chi connectivity index (χ1) is 9.16. The second kappa shape index (κ2) is 4.94. The molecule has 0 radical (unpaired) electrons. The van der Waals surface area contributed by atoms with Crippen LogP contribution in [0.1, 0.15) is 30.9 Å². The van der Waals surface area contributed by atoms with E-state index in [-0.39, 0.29) is 5.91 Å². The summed E-state index contributed by atoms with van der Waals surface area (Å²) < 4.78 is 7.29. The number of carbonyl (C=O) groups excluding carboxylic acids is 1. The maximum atomic E-state index is 12.0. The highest BCUT2D eigenvalue weighted by atomic mass is 16.5. The molecule has 2 aliphatic rings. The van der Waals surface area contributed by atoms with E-state index in [0.29, 0.717) is 18.9 Å².